The Bertz CT molecular complexity index is 1420. The number of aryl methyl sites for hydroxylation is 1. The Balaban J connectivity index is 1.91. The number of Topliss-reactive ketones (excluding diaryl/α,β-unsaturated/α-hetero) is 2. The molecule has 6 N–H and O–H groups in total. The lowest BCUT2D eigenvalue weighted by atomic mass is 9.57. The standard InChI is InChI=1S/C29H36F3N3O7/c1-6-14(29(30,31)32)8-7-12-11-17(34(2)3)15-9-13-10-16-21(35(4)5)24(38)20(27(33)41)26(40)28(16,42)25(39)18(13)23(37)19(15)22(12)36/h11,13-14,16,21,36-37,40,42H,6-10H2,1-5H3,(H2,33,41)/t13-,14?,16-,21-,28-/m0/s1. The van der Waals surface area contributed by atoms with Crippen LogP contribution in [0.2, 0.25) is 0 Å². The molecule has 0 bridgehead atoms. The summed E-state index contributed by atoms with van der Waals surface area (Å²) < 4.78 is 40.3. The maximum Gasteiger partial charge on any atom is 0.391 e. The zero-order valence-electron chi connectivity index (χ0n) is 24.0. The van der Waals surface area contributed by atoms with Crippen molar-refractivity contribution in [2.75, 3.05) is 33.1 Å². The van der Waals surface area contributed by atoms with Gasteiger partial charge in [-0.2, -0.15) is 13.2 Å². The highest BCUT2D eigenvalue weighted by Crippen LogP contribution is 2.54. The van der Waals surface area contributed by atoms with Gasteiger partial charge in [0, 0.05) is 31.3 Å². The molecule has 0 radical (unpaired) electrons. The molecule has 3 aliphatic rings. The average Bonchev–Trinajstić information content (AvgIpc) is 2.86. The van der Waals surface area contributed by atoms with E-state index in [1.54, 1.807) is 25.1 Å². The maximum absolute atomic E-state index is 14.0. The normalized spacial score (nSPS) is 26.7. The van der Waals surface area contributed by atoms with E-state index in [4.69, 9.17) is 5.73 Å². The second-order valence-corrected chi connectivity index (χ2v) is 11.8. The lowest BCUT2D eigenvalue weighted by molar-refractivity contribution is -0.176. The number of alkyl halides is 3. The molecule has 3 aliphatic carbocycles. The number of hydrogen-bond donors (Lipinski definition) is 5. The molecule has 13 heteroatoms. The number of ketones is 2. The fourth-order valence-corrected chi connectivity index (χ4v) is 6.86. The van der Waals surface area contributed by atoms with Gasteiger partial charge >= 0.3 is 6.18 Å². The van der Waals surface area contributed by atoms with Crippen molar-refractivity contribution in [3.63, 3.8) is 0 Å². The lowest BCUT2D eigenvalue weighted by Gasteiger charge is -2.50. The van der Waals surface area contributed by atoms with Crippen LogP contribution >= 0.6 is 0 Å². The molecular formula is C29H36F3N3O7. The van der Waals surface area contributed by atoms with Crippen LogP contribution in [0.1, 0.15) is 42.9 Å². The van der Waals surface area contributed by atoms with E-state index in [0.29, 0.717) is 11.3 Å². The number of primary amides is 1. The van der Waals surface area contributed by atoms with Crippen molar-refractivity contribution in [1.29, 1.82) is 0 Å². The molecule has 1 aromatic carbocycles. The minimum atomic E-state index is -4.42. The number of hydrogen-bond acceptors (Lipinski definition) is 9. The molecule has 10 nitrogen and oxygen atoms in total. The van der Waals surface area contributed by atoms with Crippen molar-refractivity contribution in [2.24, 2.45) is 23.5 Å². The number of likely N-dealkylation sites (N-methyl/N-ethyl adjacent to an activating group) is 1. The van der Waals surface area contributed by atoms with Crippen LogP contribution in [0.4, 0.5) is 18.9 Å². The van der Waals surface area contributed by atoms with Gasteiger partial charge in [-0.05, 0) is 69.3 Å². The second-order valence-electron chi connectivity index (χ2n) is 11.8. The highest BCUT2D eigenvalue weighted by Gasteiger charge is 2.64. The maximum atomic E-state index is 14.0. The van der Waals surface area contributed by atoms with Gasteiger partial charge < -0.3 is 31.1 Å². The zero-order chi connectivity index (χ0) is 31.6. The first kappa shape index (κ1) is 31.4. The third-order valence-electron chi connectivity index (χ3n) is 8.98. The predicted molar refractivity (Wildman–Crippen MR) is 147 cm³/mol. The first-order valence-corrected chi connectivity index (χ1v) is 13.7. The number of fused-ring (bicyclic) bond motifs is 3. The molecule has 230 valence electrons. The number of benzene rings is 1. The van der Waals surface area contributed by atoms with Crippen LogP contribution in [0, 0.1) is 17.8 Å². The SMILES string of the molecule is CCC(CCc1cc(N(C)C)c2c(c1O)C(O)=C1C(=O)[C@]3(O)C(O)=C(C(N)=O)C(=O)[C@@H](N(C)C)[C@@H]3C[C@@H]1C2)C(F)(F)F. The molecule has 0 saturated heterocycles. The molecule has 1 saturated carbocycles. The number of carbonyl (C=O) groups is 3. The van der Waals surface area contributed by atoms with Crippen molar-refractivity contribution >= 4 is 28.9 Å². The number of aromatic hydroxyl groups is 1. The number of rotatable bonds is 7. The van der Waals surface area contributed by atoms with Gasteiger partial charge in [-0.3, -0.25) is 19.3 Å². The van der Waals surface area contributed by atoms with Crippen molar-refractivity contribution in [3.8, 4) is 5.75 Å². The third kappa shape index (κ3) is 4.62. The molecule has 1 aromatic rings. The summed E-state index contributed by atoms with van der Waals surface area (Å²) in [4.78, 5) is 42.4. The molecule has 0 aromatic heterocycles. The molecule has 0 heterocycles. The van der Waals surface area contributed by atoms with E-state index < -0.39 is 75.9 Å². The molecule has 1 unspecified atom stereocenters. The second kappa shape index (κ2) is 10.6. The van der Waals surface area contributed by atoms with Crippen LogP contribution < -0.4 is 10.6 Å². The number of nitrogens with zero attached hydrogens (tertiary/aromatic N) is 2. The highest BCUT2D eigenvalue weighted by molar-refractivity contribution is 6.24. The van der Waals surface area contributed by atoms with Crippen LogP contribution in [0.15, 0.2) is 23.0 Å². The molecule has 5 atom stereocenters. The summed E-state index contributed by atoms with van der Waals surface area (Å²) >= 11 is 0. The van der Waals surface area contributed by atoms with Crippen LogP contribution in [-0.4, -0.2) is 88.8 Å². The number of phenols is 1. The number of amides is 1. The summed E-state index contributed by atoms with van der Waals surface area (Å²) in [5.74, 6) is -9.26. The fraction of sp³-hybridized carbons (Fsp3) is 0.552. The van der Waals surface area contributed by atoms with Crippen LogP contribution in [-0.2, 0) is 27.2 Å². The monoisotopic (exact) mass is 595 g/mol. The van der Waals surface area contributed by atoms with E-state index in [-0.39, 0.29) is 48.8 Å². The minimum Gasteiger partial charge on any atom is -0.508 e. The van der Waals surface area contributed by atoms with Gasteiger partial charge in [-0.25, -0.2) is 0 Å². The van der Waals surface area contributed by atoms with Gasteiger partial charge in [0.1, 0.15) is 22.8 Å². The van der Waals surface area contributed by atoms with Crippen LogP contribution in [0.5, 0.6) is 5.75 Å². The number of halogens is 3. The number of nitrogens with two attached hydrogens (primary N) is 1. The summed E-state index contributed by atoms with van der Waals surface area (Å²) in [5, 5.41) is 45.4. The Morgan fingerprint density at radius 2 is 1.79 bits per heavy atom. The van der Waals surface area contributed by atoms with Crippen molar-refractivity contribution in [1.82, 2.24) is 4.90 Å². The highest BCUT2D eigenvalue weighted by atomic mass is 19.4. The number of aliphatic hydroxyl groups excluding tert-OH is 2. The summed E-state index contributed by atoms with van der Waals surface area (Å²) in [5.41, 5.74) is 2.28. The number of phenolic OH excluding ortho intramolecular Hbond substituents is 1. The van der Waals surface area contributed by atoms with E-state index in [1.165, 1.54) is 25.9 Å². The molecule has 4 rings (SSSR count). The van der Waals surface area contributed by atoms with Gasteiger partial charge in [0.2, 0.25) is 5.78 Å². The molecular weight excluding hydrogens is 559 g/mol. The fourth-order valence-electron chi connectivity index (χ4n) is 6.86. The Morgan fingerprint density at radius 3 is 2.29 bits per heavy atom. The summed E-state index contributed by atoms with van der Waals surface area (Å²) in [6, 6.07) is 0.364. The summed E-state index contributed by atoms with van der Waals surface area (Å²) in [6.45, 7) is 1.42. The first-order valence-electron chi connectivity index (χ1n) is 13.7. The van der Waals surface area contributed by atoms with E-state index in [1.807, 2.05) is 0 Å². The first-order chi connectivity index (χ1) is 19.4. The summed E-state index contributed by atoms with van der Waals surface area (Å²) in [7, 11) is 6.41. The topological polar surface area (TPSA) is 165 Å². The average molecular weight is 596 g/mol. The lowest BCUT2D eigenvalue weighted by Crippen LogP contribution is -2.65. The molecule has 1 amide bonds. The van der Waals surface area contributed by atoms with Gasteiger partial charge in [-0.15, -0.1) is 0 Å². The Kier molecular flexibility index (Phi) is 7.92. The van der Waals surface area contributed by atoms with Gasteiger partial charge in [-0.1, -0.05) is 6.92 Å². The Morgan fingerprint density at radius 1 is 1.17 bits per heavy atom. The molecule has 1 fully saturated rings. The molecule has 42 heavy (non-hydrogen) atoms. The Labute approximate surface area is 240 Å². The predicted octanol–water partition coefficient (Wildman–Crippen LogP) is 2.55. The molecule has 0 aliphatic heterocycles. The third-order valence-corrected chi connectivity index (χ3v) is 8.98. The Hall–Kier alpha value is -3.58. The van der Waals surface area contributed by atoms with Crippen molar-refractivity contribution in [2.45, 2.75) is 56.8 Å². The number of aliphatic hydroxyl groups is 3. The van der Waals surface area contributed by atoms with E-state index >= 15 is 0 Å². The van der Waals surface area contributed by atoms with Gasteiger partial charge in [0.05, 0.1) is 17.5 Å². The van der Waals surface area contributed by atoms with Crippen LogP contribution in [0.3, 0.4) is 0 Å². The minimum absolute atomic E-state index is 0.0646. The van der Waals surface area contributed by atoms with Gasteiger partial charge in [0.25, 0.3) is 5.91 Å². The molecule has 0 spiro atoms. The smallest absolute Gasteiger partial charge is 0.391 e. The number of anilines is 1. The zero-order valence-corrected chi connectivity index (χ0v) is 24.0. The van der Waals surface area contributed by atoms with E-state index in [0.717, 1.165) is 0 Å². The van der Waals surface area contributed by atoms with E-state index in [9.17, 15) is 48.0 Å². The number of carbonyl (C=O) groups excluding carboxylic acids is 3. The van der Waals surface area contributed by atoms with Gasteiger partial charge in [0.15, 0.2) is 11.4 Å². The van der Waals surface area contributed by atoms with Crippen molar-refractivity contribution in [3.05, 3.63) is 39.7 Å². The largest absolute Gasteiger partial charge is 0.508 e. The van der Waals surface area contributed by atoms with E-state index in [2.05, 4.69) is 0 Å². The quantitative estimate of drug-likeness (QED) is 0.298. The van der Waals surface area contributed by atoms with Crippen LogP contribution in [0.25, 0.3) is 5.76 Å². The van der Waals surface area contributed by atoms with Crippen molar-refractivity contribution < 1.29 is 48.0 Å². The summed E-state index contributed by atoms with van der Waals surface area (Å²) in [6.07, 6.45) is -5.04.